The predicted molar refractivity (Wildman–Crippen MR) is 149 cm³/mol. The lowest BCUT2D eigenvalue weighted by molar-refractivity contribution is -0.137. The van der Waals surface area contributed by atoms with Crippen molar-refractivity contribution in [2.45, 2.75) is 57.8 Å². The summed E-state index contributed by atoms with van der Waals surface area (Å²) in [6.07, 6.45) is -4.04. The van der Waals surface area contributed by atoms with Gasteiger partial charge in [0.15, 0.2) is 9.84 Å². The van der Waals surface area contributed by atoms with E-state index >= 15 is 0 Å². The van der Waals surface area contributed by atoms with Crippen LogP contribution in [0, 0.1) is 5.92 Å². The Morgan fingerprint density at radius 2 is 1.62 bits per heavy atom. The fourth-order valence-electron chi connectivity index (χ4n) is 4.51. The highest BCUT2D eigenvalue weighted by Crippen LogP contribution is 2.30. The molecule has 6 nitrogen and oxygen atoms in total. The molecule has 0 aliphatic carbocycles. The van der Waals surface area contributed by atoms with Crippen LogP contribution in [0.15, 0.2) is 71.6 Å². The van der Waals surface area contributed by atoms with E-state index in [4.69, 9.17) is 4.98 Å². The van der Waals surface area contributed by atoms with Gasteiger partial charge < -0.3 is 9.88 Å². The van der Waals surface area contributed by atoms with Gasteiger partial charge in [0.1, 0.15) is 5.82 Å². The molecule has 0 fully saturated rings. The van der Waals surface area contributed by atoms with E-state index in [-0.39, 0.29) is 22.6 Å². The maximum absolute atomic E-state index is 13.1. The fourth-order valence-corrected chi connectivity index (χ4v) is 5.40. The summed E-state index contributed by atoms with van der Waals surface area (Å²) in [5, 5.41) is 2.95. The molecule has 3 aromatic carbocycles. The smallest absolute Gasteiger partial charge is 0.346 e. The number of imidazole rings is 1. The highest BCUT2D eigenvalue weighted by atomic mass is 32.2. The highest BCUT2D eigenvalue weighted by molar-refractivity contribution is 7.91. The van der Waals surface area contributed by atoms with Gasteiger partial charge in [-0.2, -0.15) is 13.2 Å². The van der Waals surface area contributed by atoms with Crippen molar-refractivity contribution in [3.05, 3.63) is 94.8 Å². The van der Waals surface area contributed by atoms with Crippen molar-refractivity contribution in [2.75, 3.05) is 5.75 Å². The van der Waals surface area contributed by atoms with Gasteiger partial charge in [0.2, 0.25) is 0 Å². The maximum atomic E-state index is 13.1. The molecule has 0 aliphatic heterocycles. The van der Waals surface area contributed by atoms with E-state index < -0.39 is 21.6 Å². The molecule has 0 bridgehead atoms. The van der Waals surface area contributed by atoms with Crippen LogP contribution in [0.2, 0.25) is 0 Å². The molecule has 10 heteroatoms. The number of alkyl halides is 3. The third kappa shape index (κ3) is 6.55. The van der Waals surface area contributed by atoms with Crippen LogP contribution in [-0.2, 0) is 29.0 Å². The summed E-state index contributed by atoms with van der Waals surface area (Å²) in [5.41, 5.74) is 2.66. The summed E-state index contributed by atoms with van der Waals surface area (Å²) in [4.78, 5) is 18.1. The maximum Gasteiger partial charge on any atom is 0.416 e. The minimum Gasteiger partial charge on any atom is -0.346 e. The van der Waals surface area contributed by atoms with Crippen LogP contribution in [-0.4, -0.2) is 29.6 Å². The molecule has 1 amide bonds. The van der Waals surface area contributed by atoms with Crippen molar-refractivity contribution in [3.63, 3.8) is 0 Å². The van der Waals surface area contributed by atoms with E-state index in [2.05, 4.69) is 19.2 Å². The zero-order valence-electron chi connectivity index (χ0n) is 22.8. The first-order valence-corrected chi connectivity index (χ1v) is 14.7. The fraction of sp³-hybridized carbons (Fsp3) is 0.333. The van der Waals surface area contributed by atoms with Gasteiger partial charge in [-0.05, 0) is 66.4 Å². The first kappa shape index (κ1) is 29.3. The quantitative estimate of drug-likeness (QED) is 0.246. The van der Waals surface area contributed by atoms with Crippen LogP contribution in [0.3, 0.4) is 0 Å². The number of carbonyl (C=O) groups excluding carboxylic acids is 1. The predicted octanol–water partition coefficient (Wildman–Crippen LogP) is 6.59. The van der Waals surface area contributed by atoms with Gasteiger partial charge in [0.05, 0.1) is 33.3 Å². The van der Waals surface area contributed by atoms with E-state index in [1.54, 1.807) is 43.3 Å². The van der Waals surface area contributed by atoms with Crippen LogP contribution in [0.4, 0.5) is 13.2 Å². The van der Waals surface area contributed by atoms with E-state index in [0.717, 1.165) is 23.2 Å². The second-order valence-corrected chi connectivity index (χ2v) is 12.6. The molecule has 4 aromatic rings. The number of amides is 1. The van der Waals surface area contributed by atoms with E-state index in [1.165, 1.54) is 12.1 Å². The average Bonchev–Trinajstić information content (AvgIpc) is 3.23. The Balaban J connectivity index is 1.56. The lowest BCUT2D eigenvalue weighted by Crippen LogP contribution is -2.26. The van der Waals surface area contributed by atoms with Crippen LogP contribution in [0.5, 0.6) is 0 Å². The molecule has 0 aliphatic rings. The SMILES string of the molecule is CCS(=O)(=O)c1ccc(C(C)NC(=O)c2ccc3c(c2)nc(Cc2ccc(C(F)(F)F)cc2)n3CC(C)C)cc1. The van der Waals surface area contributed by atoms with Gasteiger partial charge in [0, 0.05) is 18.5 Å². The number of hydrogen-bond donors (Lipinski definition) is 1. The lowest BCUT2D eigenvalue weighted by atomic mass is 10.1. The monoisotopic (exact) mass is 571 g/mol. The second-order valence-electron chi connectivity index (χ2n) is 10.3. The summed E-state index contributed by atoms with van der Waals surface area (Å²) in [6, 6.07) is 16.5. The Morgan fingerprint density at radius 1 is 0.975 bits per heavy atom. The molecule has 0 saturated carbocycles. The summed E-state index contributed by atoms with van der Waals surface area (Å²) < 4.78 is 65.1. The molecule has 0 spiro atoms. The number of carbonyl (C=O) groups is 1. The van der Waals surface area contributed by atoms with Crippen LogP contribution >= 0.6 is 0 Å². The number of sulfone groups is 1. The van der Waals surface area contributed by atoms with Gasteiger partial charge in [-0.1, -0.05) is 45.0 Å². The largest absolute Gasteiger partial charge is 0.416 e. The minimum absolute atomic E-state index is 0.0140. The third-order valence-electron chi connectivity index (χ3n) is 6.75. The molecule has 212 valence electrons. The zero-order chi connectivity index (χ0) is 29.2. The number of nitrogens with zero attached hydrogens (tertiary/aromatic N) is 2. The van der Waals surface area contributed by atoms with Crippen LogP contribution in [0.25, 0.3) is 11.0 Å². The first-order valence-electron chi connectivity index (χ1n) is 13.1. The molecular formula is C30H32F3N3O3S. The van der Waals surface area contributed by atoms with Gasteiger partial charge in [-0.25, -0.2) is 13.4 Å². The van der Waals surface area contributed by atoms with Gasteiger partial charge in [-0.15, -0.1) is 0 Å². The Hall–Kier alpha value is -3.66. The zero-order valence-corrected chi connectivity index (χ0v) is 23.6. The average molecular weight is 572 g/mol. The van der Waals surface area contributed by atoms with Crippen LogP contribution in [0.1, 0.15) is 66.6 Å². The van der Waals surface area contributed by atoms with Crippen molar-refractivity contribution in [1.82, 2.24) is 14.9 Å². The topological polar surface area (TPSA) is 81.1 Å². The van der Waals surface area contributed by atoms with Gasteiger partial charge in [0.25, 0.3) is 5.91 Å². The van der Waals surface area contributed by atoms with Crippen molar-refractivity contribution < 1.29 is 26.4 Å². The molecule has 1 unspecified atom stereocenters. The van der Waals surface area contributed by atoms with Crippen LogP contribution < -0.4 is 5.32 Å². The summed E-state index contributed by atoms with van der Waals surface area (Å²) in [7, 11) is -3.31. The number of benzene rings is 3. The van der Waals surface area contributed by atoms with Crippen molar-refractivity contribution in [2.24, 2.45) is 5.92 Å². The van der Waals surface area contributed by atoms with Crippen molar-refractivity contribution in [1.29, 1.82) is 0 Å². The Morgan fingerprint density at radius 3 is 2.20 bits per heavy atom. The Bertz CT molecular complexity index is 1610. The summed E-state index contributed by atoms with van der Waals surface area (Å²) >= 11 is 0. The number of fused-ring (bicyclic) bond motifs is 1. The number of nitrogens with one attached hydrogen (secondary N) is 1. The molecule has 1 atom stereocenters. The molecule has 40 heavy (non-hydrogen) atoms. The number of halogens is 3. The third-order valence-corrected chi connectivity index (χ3v) is 8.50. The lowest BCUT2D eigenvalue weighted by Gasteiger charge is -2.15. The van der Waals surface area contributed by atoms with Crippen molar-refractivity contribution in [3.8, 4) is 0 Å². The van der Waals surface area contributed by atoms with Gasteiger partial charge in [-0.3, -0.25) is 4.79 Å². The summed E-state index contributed by atoms with van der Waals surface area (Å²) in [6.45, 7) is 8.22. The molecule has 1 N–H and O–H groups in total. The summed E-state index contributed by atoms with van der Waals surface area (Å²) in [5.74, 6) is 0.713. The normalized spacial score (nSPS) is 13.1. The number of rotatable bonds is 9. The standard InChI is InChI=1S/C30H32F3N3O3S/c1-5-40(38,39)25-13-8-22(9-14-25)20(4)34-29(37)23-10-15-27-26(17-23)35-28(36(27)18-19(2)3)16-21-6-11-24(12-7-21)30(31,32)33/h6-15,17,19-20H,5,16,18H2,1-4H3,(H,34,37). The molecular weight excluding hydrogens is 539 g/mol. The van der Waals surface area contributed by atoms with Crippen molar-refractivity contribution >= 4 is 26.8 Å². The second kappa shape index (κ2) is 11.4. The van der Waals surface area contributed by atoms with E-state index in [1.807, 2.05) is 17.6 Å². The Labute approximate surface area is 232 Å². The molecule has 4 rings (SSSR count). The Kier molecular flexibility index (Phi) is 8.39. The first-order chi connectivity index (χ1) is 18.8. The number of hydrogen-bond acceptors (Lipinski definition) is 4. The molecule has 0 saturated heterocycles. The molecule has 1 aromatic heterocycles. The van der Waals surface area contributed by atoms with E-state index in [0.29, 0.717) is 41.4 Å². The molecule has 0 radical (unpaired) electrons. The minimum atomic E-state index is -4.39. The van der Waals surface area contributed by atoms with E-state index in [9.17, 15) is 26.4 Å². The highest BCUT2D eigenvalue weighted by Gasteiger charge is 2.30. The number of aromatic nitrogens is 2. The molecule has 1 heterocycles. The van der Waals surface area contributed by atoms with Gasteiger partial charge >= 0.3 is 6.18 Å².